The molecule has 0 spiro atoms. The molecule has 0 saturated heterocycles. The zero-order chi connectivity index (χ0) is 16.1. The van der Waals surface area contributed by atoms with E-state index in [2.05, 4.69) is 5.32 Å². The van der Waals surface area contributed by atoms with Gasteiger partial charge in [-0.05, 0) is 18.1 Å². The third-order valence-electron chi connectivity index (χ3n) is 3.74. The first kappa shape index (κ1) is 15.3. The fourth-order valence-electron chi connectivity index (χ4n) is 2.62. The van der Waals surface area contributed by atoms with Gasteiger partial charge in [0.05, 0.1) is 6.61 Å². The van der Waals surface area contributed by atoms with Gasteiger partial charge in [0.25, 0.3) is 5.91 Å². The van der Waals surface area contributed by atoms with Crippen molar-refractivity contribution in [1.82, 2.24) is 5.32 Å². The van der Waals surface area contributed by atoms with E-state index in [0.717, 1.165) is 17.4 Å². The van der Waals surface area contributed by atoms with Crippen LogP contribution in [0.25, 0.3) is 11.0 Å². The third-order valence-corrected chi connectivity index (χ3v) is 3.74. The Morgan fingerprint density at radius 3 is 2.61 bits per heavy atom. The van der Waals surface area contributed by atoms with Crippen molar-refractivity contribution in [2.75, 3.05) is 13.7 Å². The molecule has 2 aromatic carbocycles. The summed E-state index contributed by atoms with van der Waals surface area (Å²) in [6, 6.07) is 17.7. The highest BCUT2D eigenvalue weighted by atomic mass is 16.5. The molecular weight excluding hydrogens is 290 g/mol. The van der Waals surface area contributed by atoms with Crippen LogP contribution in [-0.2, 0) is 17.8 Å². The monoisotopic (exact) mass is 309 g/mol. The summed E-state index contributed by atoms with van der Waals surface area (Å²) in [6.07, 6.45) is 0.784. The van der Waals surface area contributed by atoms with Gasteiger partial charge >= 0.3 is 0 Å². The maximum absolute atomic E-state index is 12.4. The highest BCUT2D eigenvalue weighted by molar-refractivity contribution is 5.99. The highest BCUT2D eigenvalue weighted by Crippen LogP contribution is 2.26. The van der Waals surface area contributed by atoms with Gasteiger partial charge in [0.2, 0.25) is 0 Å². The van der Waals surface area contributed by atoms with E-state index in [-0.39, 0.29) is 5.91 Å². The molecule has 0 atom stereocenters. The molecule has 4 heteroatoms. The van der Waals surface area contributed by atoms with Gasteiger partial charge < -0.3 is 14.5 Å². The molecule has 0 radical (unpaired) electrons. The summed E-state index contributed by atoms with van der Waals surface area (Å²) in [5.74, 6) is 0.130. The molecule has 1 heterocycles. The minimum Gasteiger partial charge on any atom is -0.451 e. The molecule has 1 aromatic heterocycles. The number of ether oxygens (including phenoxy) is 1. The van der Waals surface area contributed by atoms with Gasteiger partial charge in [-0.15, -0.1) is 0 Å². The SMILES string of the molecule is COCc1c(C(=O)NCCc2ccccc2)oc2ccccc12. The number of amides is 1. The van der Waals surface area contributed by atoms with Crippen LogP contribution in [0.15, 0.2) is 59.0 Å². The smallest absolute Gasteiger partial charge is 0.287 e. The molecule has 118 valence electrons. The Morgan fingerprint density at radius 1 is 1.09 bits per heavy atom. The number of methoxy groups -OCH3 is 1. The predicted molar refractivity (Wildman–Crippen MR) is 89.4 cm³/mol. The second-order valence-electron chi connectivity index (χ2n) is 5.33. The highest BCUT2D eigenvalue weighted by Gasteiger charge is 2.19. The number of para-hydroxylation sites is 1. The molecular formula is C19H19NO3. The number of rotatable bonds is 6. The molecule has 0 aliphatic rings. The summed E-state index contributed by atoms with van der Waals surface area (Å²) in [5.41, 5.74) is 2.68. The Labute approximate surface area is 135 Å². The normalized spacial score (nSPS) is 10.8. The van der Waals surface area contributed by atoms with Crippen LogP contribution in [0.1, 0.15) is 21.7 Å². The number of hydrogen-bond donors (Lipinski definition) is 1. The maximum Gasteiger partial charge on any atom is 0.287 e. The lowest BCUT2D eigenvalue weighted by Crippen LogP contribution is -2.26. The van der Waals surface area contributed by atoms with Crippen molar-refractivity contribution in [2.45, 2.75) is 13.0 Å². The quantitative estimate of drug-likeness (QED) is 0.757. The Morgan fingerprint density at radius 2 is 1.83 bits per heavy atom. The molecule has 0 bridgehead atoms. The van der Waals surface area contributed by atoms with Crippen LogP contribution >= 0.6 is 0 Å². The Bertz CT molecular complexity index is 793. The van der Waals surface area contributed by atoms with E-state index in [1.165, 1.54) is 5.56 Å². The van der Waals surface area contributed by atoms with Crippen molar-refractivity contribution < 1.29 is 13.9 Å². The topological polar surface area (TPSA) is 51.5 Å². The average Bonchev–Trinajstić information content (AvgIpc) is 2.95. The van der Waals surface area contributed by atoms with Crippen molar-refractivity contribution in [2.24, 2.45) is 0 Å². The minimum atomic E-state index is -0.204. The van der Waals surface area contributed by atoms with Crippen LogP contribution in [-0.4, -0.2) is 19.6 Å². The number of carbonyl (C=O) groups is 1. The molecule has 0 fully saturated rings. The Balaban J connectivity index is 1.74. The zero-order valence-electron chi connectivity index (χ0n) is 13.0. The fourth-order valence-corrected chi connectivity index (χ4v) is 2.62. The first-order valence-corrected chi connectivity index (χ1v) is 7.61. The van der Waals surface area contributed by atoms with E-state index in [4.69, 9.17) is 9.15 Å². The van der Waals surface area contributed by atoms with Crippen LogP contribution in [0, 0.1) is 0 Å². The second kappa shape index (κ2) is 7.11. The third kappa shape index (κ3) is 3.43. The summed E-state index contributed by atoms with van der Waals surface area (Å²) in [6.45, 7) is 0.908. The molecule has 0 unspecified atom stereocenters. The molecule has 1 N–H and O–H groups in total. The van der Waals surface area contributed by atoms with Crippen molar-refractivity contribution in [1.29, 1.82) is 0 Å². The van der Waals surface area contributed by atoms with Crippen LogP contribution < -0.4 is 5.32 Å². The van der Waals surface area contributed by atoms with Gasteiger partial charge in [-0.1, -0.05) is 48.5 Å². The summed E-state index contributed by atoms with van der Waals surface area (Å²) >= 11 is 0. The molecule has 3 rings (SSSR count). The molecule has 23 heavy (non-hydrogen) atoms. The number of furan rings is 1. The number of fused-ring (bicyclic) bond motifs is 1. The molecule has 0 aliphatic carbocycles. The molecule has 0 saturated carbocycles. The lowest BCUT2D eigenvalue weighted by atomic mass is 10.1. The Kier molecular flexibility index (Phi) is 4.74. The number of benzene rings is 2. The molecule has 4 nitrogen and oxygen atoms in total. The van der Waals surface area contributed by atoms with E-state index in [1.807, 2.05) is 54.6 Å². The van der Waals surface area contributed by atoms with Gasteiger partial charge in [-0.2, -0.15) is 0 Å². The average molecular weight is 309 g/mol. The maximum atomic E-state index is 12.4. The summed E-state index contributed by atoms with van der Waals surface area (Å²) in [5, 5.41) is 3.84. The van der Waals surface area contributed by atoms with E-state index in [1.54, 1.807) is 7.11 Å². The molecule has 0 aliphatic heterocycles. The molecule has 3 aromatic rings. The van der Waals surface area contributed by atoms with E-state index in [9.17, 15) is 4.79 Å². The van der Waals surface area contributed by atoms with Crippen LogP contribution in [0.3, 0.4) is 0 Å². The molecule has 1 amide bonds. The van der Waals surface area contributed by atoms with E-state index < -0.39 is 0 Å². The summed E-state index contributed by atoms with van der Waals surface area (Å²) < 4.78 is 10.9. The lowest BCUT2D eigenvalue weighted by molar-refractivity contribution is 0.0922. The first-order valence-electron chi connectivity index (χ1n) is 7.61. The van der Waals surface area contributed by atoms with Gasteiger partial charge in [-0.25, -0.2) is 0 Å². The minimum absolute atomic E-state index is 0.204. The van der Waals surface area contributed by atoms with Crippen molar-refractivity contribution in [3.8, 4) is 0 Å². The second-order valence-corrected chi connectivity index (χ2v) is 5.33. The number of nitrogens with one attached hydrogen (secondary N) is 1. The van der Waals surface area contributed by atoms with Gasteiger partial charge in [-0.3, -0.25) is 4.79 Å². The standard InChI is InChI=1S/C19H19NO3/c1-22-13-16-15-9-5-6-10-17(15)23-18(16)19(21)20-12-11-14-7-3-2-4-8-14/h2-10H,11-13H2,1H3,(H,20,21). The number of hydrogen-bond acceptors (Lipinski definition) is 3. The van der Waals surface area contributed by atoms with Gasteiger partial charge in [0, 0.05) is 24.6 Å². The van der Waals surface area contributed by atoms with Crippen molar-refractivity contribution >= 4 is 16.9 Å². The Hall–Kier alpha value is -2.59. The first-order chi connectivity index (χ1) is 11.3. The zero-order valence-corrected chi connectivity index (χ0v) is 13.0. The van der Waals surface area contributed by atoms with Gasteiger partial charge in [0.15, 0.2) is 5.76 Å². The number of carbonyl (C=O) groups excluding carboxylic acids is 1. The van der Waals surface area contributed by atoms with Crippen LogP contribution in [0.2, 0.25) is 0 Å². The van der Waals surface area contributed by atoms with Crippen molar-refractivity contribution in [3.63, 3.8) is 0 Å². The van der Waals surface area contributed by atoms with Crippen LogP contribution in [0.5, 0.6) is 0 Å². The lowest BCUT2D eigenvalue weighted by Gasteiger charge is -2.05. The predicted octanol–water partition coefficient (Wildman–Crippen LogP) is 3.55. The van der Waals surface area contributed by atoms with E-state index in [0.29, 0.717) is 24.5 Å². The summed E-state index contributed by atoms with van der Waals surface area (Å²) in [4.78, 5) is 12.4. The fraction of sp³-hybridized carbons (Fsp3) is 0.211. The largest absolute Gasteiger partial charge is 0.451 e. The van der Waals surface area contributed by atoms with E-state index >= 15 is 0 Å². The van der Waals surface area contributed by atoms with Crippen molar-refractivity contribution in [3.05, 3.63) is 71.5 Å². The summed E-state index contributed by atoms with van der Waals surface area (Å²) in [7, 11) is 1.61. The van der Waals surface area contributed by atoms with Crippen LogP contribution in [0.4, 0.5) is 0 Å². The van der Waals surface area contributed by atoms with Gasteiger partial charge in [0.1, 0.15) is 5.58 Å².